The molecular weight excluding hydrogens is 325 g/mol. The normalized spacial score (nSPS) is 22.7. The maximum Gasteiger partial charge on any atom is 0.391 e. The maximum atomic E-state index is 12.6. The highest BCUT2D eigenvalue weighted by molar-refractivity contribution is 6.07. The van der Waals surface area contributed by atoms with E-state index in [1.807, 2.05) is 13.0 Å². The van der Waals surface area contributed by atoms with Crippen LogP contribution in [0, 0.1) is 13.8 Å². The Morgan fingerprint density at radius 2 is 1.92 bits per heavy atom. The Bertz CT molecular complexity index is 675. The second kappa shape index (κ2) is 6.08. The number of carbonyl (C=O) groups is 2. The summed E-state index contributed by atoms with van der Waals surface area (Å²) >= 11 is 0. The van der Waals surface area contributed by atoms with Gasteiger partial charge in [0, 0.05) is 0 Å². The SMILES string of the molecule is Cc1ccc(C2(C)NC(=O)N(CC(O)CC(F)(F)F)C2=O)c(C)c1. The van der Waals surface area contributed by atoms with Crippen molar-refractivity contribution < 1.29 is 27.9 Å². The summed E-state index contributed by atoms with van der Waals surface area (Å²) in [6, 6.07) is 4.53. The highest BCUT2D eigenvalue weighted by atomic mass is 19.4. The van der Waals surface area contributed by atoms with Crippen LogP contribution in [-0.4, -0.2) is 40.8 Å². The van der Waals surface area contributed by atoms with Gasteiger partial charge >= 0.3 is 12.2 Å². The number of halogens is 3. The Morgan fingerprint density at radius 3 is 2.46 bits per heavy atom. The minimum atomic E-state index is -4.57. The lowest BCUT2D eigenvalue weighted by Gasteiger charge is -2.25. The van der Waals surface area contributed by atoms with Crippen molar-refractivity contribution in [2.24, 2.45) is 0 Å². The summed E-state index contributed by atoms with van der Waals surface area (Å²) in [6.45, 7) is 4.47. The lowest BCUT2D eigenvalue weighted by molar-refractivity contribution is -0.156. The van der Waals surface area contributed by atoms with Gasteiger partial charge in [0.2, 0.25) is 0 Å². The van der Waals surface area contributed by atoms with E-state index in [0.29, 0.717) is 10.5 Å². The van der Waals surface area contributed by atoms with Gasteiger partial charge in [-0.05, 0) is 31.9 Å². The van der Waals surface area contributed by atoms with Crippen LogP contribution < -0.4 is 5.32 Å². The first-order valence-corrected chi connectivity index (χ1v) is 7.40. The average Bonchev–Trinajstić information content (AvgIpc) is 2.61. The minimum absolute atomic E-state index is 0.569. The average molecular weight is 344 g/mol. The molecule has 1 aliphatic rings. The van der Waals surface area contributed by atoms with Gasteiger partial charge in [-0.1, -0.05) is 23.8 Å². The van der Waals surface area contributed by atoms with Crippen molar-refractivity contribution in [3.05, 3.63) is 34.9 Å². The smallest absolute Gasteiger partial charge is 0.391 e. The first-order valence-electron chi connectivity index (χ1n) is 7.40. The number of rotatable bonds is 4. The number of hydrogen-bond acceptors (Lipinski definition) is 3. The number of urea groups is 1. The van der Waals surface area contributed by atoms with E-state index in [0.717, 1.165) is 11.1 Å². The molecule has 3 amide bonds. The number of aliphatic hydroxyl groups is 1. The molecule has 0 spiro atoms. The summed E-state index contributed by atoms with van der Waals surface area (Å²) < 4.78 is 37.0. The minimum Gasteiger partial charge on any atom is -0.391 e. The monoisotopic (exact) mass is 344 g/mol. The van der Waals surface area contributed by atoms with Crippen LogP contribution in [0.25, 0.3) is 0 Å². The molecule has 0 bridgehead atoms. The number of aliphatic hydroxyl groups excluding tert-OH is 1. The van der Waals surface area contributed by atoms with Crippen molar-refractivity contribution in [3.63, 3.8) is 0 Å². The summed E-state index contributed by atoms with van der Waals surface area (Å²) in [5.74, 6) is -0.680. The fourth-order valence-corrected chi connectivity index (χ4v) is 2.96. The molecule has 1 aliphatic heterocycles. The number of amides is 3. The van der Waals surface area contributed by atoms with Gasteiger partial charge in [-0.2, -0.15) is 13.2 Å². The van der Waals surface area contributed by atoms with Crippen LogP contribution in [-0.2, 0) is 10.3 Å². The molecular formula is C16H19F3N2O3. The van der Waals surface area contributed by atoms with Gasteiger partial charge in [-0.25, -0.2) is 4.79 Å². The number of β-amino-alcohol motifs (C(OH)–C–C–N with tert-alkyl or cyclic N) is 1. The zero-order valence-corrected chi connectivity index (χ0v) is 13.6. The third-order valence-corrected chi connectivity index (χ3v) is 4.06. The van der Waals surface area contributed by atoms with Crippen LogP contribution >= 0.6 is 0 Å². The summed E-state index contributed by atoms with van der Waals surface area (Å²) in [6.07, 6.45) is -7.92. The summed E-state index contributed by atoms with van der Waals surface area (Å²) in [5.41, 5.74) is 0.962. The van der Waals surface area contributed by atoms with Crippen molar-refractivity contribution in [1.82, 2.24) is 10.2 Å². The van der Waals surface area contributed by atoms with Crippen LogP contribution in [0.3, 0.4) is 0 Å². The molecule has 1 saturated heterocycles. The second-order valence-electron chi connectivity index (χ2n) is 6.26. The quantitative estimate of drug-likeness (QED) is 0.824. The Balaban J connectivity index is 2.24. The van der Waals surface area contributed by atoms with E-state index in [2.05, 4.69) is 5.32 Å². The number of carbonyl (C=O) groups excluding carboxylic acids is 2. The molecule has 2 atom stereocenters. The molecule has 0 aliphatic carbocycles. The molecule has 0 saturated carbocycles. The fraction of sp³-hybridized carbons (Fsp3) is 0.500. The maximum absolute atomic E-state index is 12.6. The third kappa shape index (κ3) is 3.53. The molecule has 1 aromatic carbocycles. The number of nitrogens with one attached hydrogen (secondary N) is 1. The highest BCUT2D eigenvalue weighted by Crippen LogP contribution is 2.32. The first-order chi connectivity index (χ1) is 10.9. The van der Waals surface area contributed by atoms with Gasteiger partial charge in [0.15, 0.2) is 0 Å². The van der Waals surface area contributed by atoms with Gasteiger partial charge in [-0.3, -0.25) is 9.69 Å². The molecule has 1 heterocycles. The summed E-state index contributed by atoms with van der Waals surface area (Å²) in [4.78, 5) is 25.3. The molecule has 2 N–H and O–H groups in total. The fourth-order valence-electron chi connectivity index (χ4n) is 2.96. The zero-order valence-electron chi connectivity index (χ0n) is 13.6. The number of alkyl halides is 3. The van der Waals surface area contributed by atoms with Crippen LogP contribution in [0.15, 0.2) is 18.2 Å². The lowest BCUT2D eigenvalue weighted by atomic mass is 9.87. The molecule has 2 rings (SSSR count). The molecule has 1 aromatic rings. The molecule has 0 aromatic heterocycles. The van der Waals surface area contributed by atoms with Gasteiger partial charge in [0.05, 0.1) is 19.1 Å². The Kier molecular flexibility index (Phi) is 4.63. The predicted octanol–water partition coefficient (Wildman–Crippen LogP) is 2.38. The number of benzene rings is 1. The Hall–Kier alpha value is -2.09. The van der Waals surface area contributed by atoms with Gasteiger partial charge in [0.25, 0.3) is 5.91 Å². The van der Waals surface area contributed by atoms with Gasteiger partial charge in [0.1, 0.15) is 5.54 Å². The first kappa shape index (κ1) is 18.3. The Morgan fingerprint density at radius 1 is 1.29 bits per heavy atom. The predicted molar refractivity (Wildman–Crippen MR) is 80.2 cm³/mol. The van der Waals surface area contributed by atoms with E-state index in [-0.39, 0.29) is 0 Å². The Labute approximate surface area is 137 Å². The van der Waals surface area contributed by atoms with Crippen LogP contribution in [0.4, 0.5) is 18.0 Å². The number of imide groups is 1. The van der Waals surface area contributed by atoms with Crippen molar-refractivity contribution in [2.75, 3.05) is 6.54 Å². The highest BCUT2D eigenvalue weighted by Gasteiger charge is 2.50. The van der Waals surface area contributed by atoms with Crippen LogP contribution in [0.1, 0.15) is 30.0 Å². The van der Waals surface area contributed by atoms with Crippen LogP contribution in [0.5, 0.6) is 0 Å². The van der Waals surface area contributed by atoms with Crippen molar-refractivity contribution in [3.8, 4) is 0 Å². The summed E-state index contributed by atoms with van der Waals surface area (Å²) in [5, 5.41) is 12.0. The second-order valence-corrected chi connectivity index (χ2v) is 6.26. The van der Waals surface area contributed by atoms with Gasteiger partial charge < -0.3 is 10.4 Å². The van der Waals surface area contributed by atoms with Crippen molar-refractivity contribution >= 4 is 11.9 Å². The van der Waals surface area contributed by atoms with Crippen molar-refractivity contribution in [2.45, 2.75) is 45.0 Å². The van der Waals surface area contributed by atoms with E-state index < -0.39 is 42.7 Å². The molecule has 24 heavy (non-hydrogen) atoms. The number of aryl methyl sites for hydroxylation is 2. The molecule has 1 fully saturated rings. The number of hydrogen-bond donors (Lipinski definition) is 2. The van der Waals surface area contributed by atoms with E-state index in [9.17, 15) is 27.9 Å². The van der Waals surface area contributed by atoms with Gasteiger partial charge in [-0.15, -0.1) is 0 Å². The zero-order chi connectivity index (χ0) is 18.3. The number of nitrogens with zero attached hydrogens (tertiary/aromatic N) is 1. The topological polar surface area (TPSA) is 69.6 Å². The van der Waals surface area contributed by atoms with E-state index in [1.165, 1.54) is 6.92 Å². The lowest BCUT2D eigenvalue weighted by Crippen LogP contribution is -2.43. The molecule has 8 heteroatoms. The molecule has 5 nitrogen and oxygen atoms in total. The largest absolute Gasteiger partial charge is 0.391 e. The van der Waals surface area contributed by atoms with Crippen molar-refractivity contribution in [1.29, 1.82) is 0 Å². The molecule has 0 radical (unpaired) electrons. The third-order valence-electron chi connectivity index (χ3n) is 4.06. The standard InChI is InChI=1S/C16H19F3N2O3/c1-9-4-5-12(10(2)6-9)15(3)13(23)21(14(24)20-15)8-11(22)7-16(17,18)19/h4-6,11,22H,7-8H2,1-3H3,(H,20,24). The molecule has 132 valence electrons. The summed E-state index contributed by atoms with van der Waals surface area (Å²) in [7, 11) is 0. The van der Waals surface area contributed by atoms with Crippen LogP contribution in [0.2, 0.25) is 0 Å². The van der Waals surface area contributed by atoms with E-state index in [1.54, 1.807) is 19.1 Å². The van der Waals surface area contributed by atoms with E-state index >= 15 is 0 Å². The van der Waals surface area contributed by atoms with E-state index in [4.69, 9.17) is 0 Å². The molecule has 2 unspecified atom stereocenters.